The van der Waals surface area contributed by atoms with Crippen molar-refractivity contribution < 1.29 is 10.2 Å². The summed E-state index contributed by atoms with van der Waals surface area (Å²) < 4.78 is 0. The first-order valence-corrected chi connectivity index (χ1v) is 8.47. The van der Waals surface area contributed by atoms with E-state index < -0.39 is 6.10 Å². The summed E-state index contributed by atoms with van der Waals surface area (Å²) in [6.07, 6.45) is -0.0482. The third-order valence-corrected chi connectivity index (χ3v) is 4.53. The second-order valence-electron chi connectivity index (χ2n) is 7.07. The van der Waals surface area contributed by atoms with Gasteiger partial charge in [0.25, 0.3) is 0 Å². The summed E-state index contributed by atoms with van der Waals surface area (Å²) in [5.41, 5.74) is 4.06. The van der Waals surface area contributed by atoms with Crippen LogP contribution in [-0.2, 0) is 6.42 Å². The average Bonchev–Trinajstić information content (AvgIpc) is 2.62. The molecule has 0 aromatic heterocycles. The Morgan fingerprint density at radius 3 is 2.67 bits per heavy atom. The van der Waals surface area contributed by atoms with Gasteiger partial charge in [0.15, 0.2) is 0 Å². The molecule has 128 valence electrons. The molecule has 1 aliphatic heterocycles. The lowest BCUT2D eigenvalue weighted by Crippen LogP contribution is -2.30. The molecule has 24 heavy (non-hydrogen) atoms. The minimum Gasteiger partial charge on any atom is -0.508 e. The quantitative estimate of drug-likeness (QED) is 0.905. The summed E-state index contributed by atoms with van der Waals surface area (Å²) in [5, 5.41) is 20.5. The Morgan fingerprint density at radius 2 is 1.92 bits per heavy atom. The van der Waals surface area contributed by atoms with E-state index in [1.165, 1.54) is 0 Å². The highest BCUT2D eigenvalue weighted by Gasteiger charge is 2.26. The molecule has 0 radical (unpaired) electrons. The van der Waals surface area contributed by atoms with Crippen LogP contribution in [0.3, 0.4) is 0 Å². The minimum atomic E-state index is -0.609. The number of rotatable bonds is 4. The van der Waals surface area contributed by atoms with Gasteiger partial charge < -0.3 is 20.0 Å². The minimum absolute atomic E-state index is 0.194. The monoisotopic (exact) mass is 326 g/mol. The van der Waals surface area contributed by atoms with Crippen LogP contribution in [-0.4, -0.2) is 42.3 Å². The highest BCUT2D eigenvalue weighted by atomic mass is 16.3. The van der Waals surface area contributed by atoms with Gasteiger partial charge in [-0.2, -0.15) is 0 Å². The van der Waals surface area contributed by atoms with Crippen molar-refractivity contribution >= 4 is 11.4 Å². The smallest absolute Gasteiger partial charge is 0.116 e. The summed E-state index contributed by atoms with van der Waals surface area (Å²) in [7, 11) is 4.17. The molecule has 3 rings (SSSR count). The maximum Gasteiger partial charge on any atom is 0.116 e. The van der Waals surface area contributed by atoms with Crippen molar-refractivity contribution in [1.82, 2.24) is 4.90 Å². The van der Waals surface area contributed by atoms with Crippen LogP contribution in [0.1, 0.15) is 24.2 Å². The third-order valence-electron chi connectivity index (χ3n) is 4.53. The topological polar surface area (TPSA) is 46.9 Å². The summed E-state index contributed by atoms with van der Waals surface area (Å²) in [5.74, 6) is 0.657. The fourth-order valence-corrected chi connectivity index (χ4v) is 3.64. The highest BCUT2D eigenvalue weighted by molar-refractivity contribution is 5.72. The number of aliphatic hydroxyl groups is 1. The number of hydrogen-bond acceptors (Lipinski definition) is 4. The zero-order chi connectivity index (χ0) is 17.3. The van der Waals surface area contributed by atoms with Crippen LogP contribution in [0.5, 0.6) is 5.75 Å². The number of phenols is 1. The molecule has 4 heteroatoms. The number of phenolic OH excluding ortho intramolecular Hbond substituents is 1. The molecule has 0 saturated heterocycles. The van der Waals surface area contributed by atoms with Crippen molar-refractivity contribution in [3.8, 4) is 5.75 Å². The van der Waals surface area contributed by atoms with Crippen LogP contribution in [0.15, 0.2) is 42.5 Å². The lowest BCUT2D eigenvalue weighted by Gasteiger charge is -2.30. The van der Waals surface area contributed by atoms with Crippen LogP contribution >= 0.6 is 0 Å². The second kappa shape index (κ2) is 6.83. The molecule has 0 amide bonds. The fraction of sp³-hybridized carbons (Fsp3) is 0.400. The third kappa shape index (κ3) is 3.40. The average molecular weight is 326 g/mol. The Morgan fingerprint density at radius 1 is 1.17 bits per heavy atom. The van der Waals surface area contributed by atoms with Gasteiger partial charge in [0.05, 0.1) is 6.10 Å². The number of para-hydroxylation sites is 1. The van der Waals surface area contributed by atoms with Crippen molar-refractivity contribution in [1.29, 1.82) is 0 Å². The number of nitrogens with zero attached hydrogens (tertiary/aromatic N) is 2. The van der Waals surface area contributed by atoms with Crippen LogP contribution in [0.2, 0.25) is 0 Å². The van der Waals surface area contributed by atoms with Crippen molar-refractivity contribution in [2.75, 3.05) is 32.1 Å². The summed E-state index contributed by atoms with van der Waals surface area (Å²) in [6, 6.07) is 13.6. The van der Waals surface area contributed by atoms with Crippen LogP contribution in [0.4, 0.5) is 11.4 Å². The molecule has 2 atom stereocenters. The molecule has 2 aromatic rings. The van der Waals surface area contributed by atoms with Gasteiger partial charge in [-0.15, -0.1) is 0 Å². The van der Waals surface area contributed by atoms with Crippen molar-refractivity contribution in [2.45, 2.75) is 19.4 Å². The van der Waals surface area contributed by atoms with Crippen molar-refractivity contribution in [3.63, 3.8) is 0 Å². The molecule has 0 fully saturated rings. The molecule has 2 N–H and O–H groups in total. The predicted molar refractivity (Wildman–Crippen MR) is 97.9 cm³/mol. The van der Waals surface area contributed by atoms with Crippen LogP contribution in [0, 0.1) is 5.92 Å². The Kier molecular flexibility index (Phi) is 4.78. The zero-order valence-electron chi connectivity index (χ0n) is 14.6. The summed E-state index contributed by atoms with van der Waals surface area (Å²) in [6.45, 7) is 4.10. The molecule has 0 spiro atoms. The standard InChI is InChI=1S/C20H26N2O2/c1-14(12-21(2)3)13-22-18-7-5-4-6-15(18)10-20(24)17-11-16(23)8-9-19(17)22/h4-9,11,14,20,23-24H,10,12-13H2,1-3H3. The normalized spacial score (nSPS) is 18.0. The fourth-order valence-electron chi connectivity index (χ4n) is 3.64. The van der Waals surface area contributed by atoms with Gasteiger partial charge in [-0.3, -0.25) is 0 Å². The van der Waals surface area contributed by atoms with Crippen molar-refractivity contribution in [3.05, 3.63) is 53.6 Å². The number of anilines is 2. The first kappa shape index (κ1) is 16.8. The molecule has 1 heterocycles. The van der Waals surface area contributed by atoms with Gasteiger partial charge in [-0.1, -0.05) is 25.1 Å². The first-order valence-electron chi connectivity index (χ1n) is 8.47. The van der Waals surface area contributed by atoms with Gasteiger partial charge >= 0.3 is 0 Å². The van der Waals surface area contributed by atoms with Gasteiger partial charge in [0.1, 0.15) is 5.75 Å². The first-order chi connectivity index (χ1) is 11.5. The van der Waals surface area contributed by atoms with E-state index in [1.54, 1.807) is 12.1 Å². The van der Waals surface area contributed by atoms with E-state index in [1.807, 2.05) is 18.2 Å². The second-order valence-corrected chi connectivity index (χ2v) is 7.07. The van der Waals surface area contributed by atoms with Gasteiger partial charge in [0.2, 0.25) is 0 Å². The zero-order valence-corrected chi connectivity index (χ0v) is 14.6. The molecule has 0 bridgehead atoms. The van der Waals surface area contributed by atoms with Gasteiger partial charge in [-0.05, 0) is 49.8 Å². The van der Waals surface area contributed by atoms with Crippen LogP contribution in [0.25, 0.3) is 0 Å². The van der Waals surface area contributed by atoms with E-state index in [-0.39, 0.29) is 5.75 Å². The highest BCUT2D eigenvalue weighted by Crippen LogP contribution is 2.41. The van der Waals surface area contributed by atoms with Crippen molar-refractivity contribution in [2.24, 2.45) is 5.92 Å². The number of aliphatic hydroxyl groups excluding tert-OH is 1. The Labute approximate surface area is 144 Å². The van der Waals surface area contributed by atoms with Gasteiger partial charge in [0, 0.05) is 36.4 Å². The van der Waals surface area contributed by atoms with E-state index in [0.717, 1.165) is 35.6 Å². The molecular formula is C20H26N2O2. The number of benzene rings is 2. The maximum atomic E-state index is 10.7. The largest absolute Gasteiger partial charge is 0.508 e. The molecule has 1 aliphatic rings. The molecule has 2 unspecified atom stereocenters. The predicted octanol–water partition coefficient (Wildman–Crippen LogP) is 3.32. The van der Waals surface area contributed by atoms with E-state index in [4.69, 9.17) is 0 Å². The summed E-state index contributed by atoms with van der Waals surface area (Å²) in [4.78, 5) is 4.48. The van der Waals surface area contributed by atoms with E-state index >= 15 is 0 Å². The Balaban J connectivity index is 2.06. The Bertz CT molecular complexity index is 715. The molecule has 0 saturated carbocycles. The number of hydrogen-bond donors (Lipinski definition) is 2. The maximum absolute atomic E-state index is 10.7. The number of aromatic hydroxyl groups is 1. The van der Waals surface area contributed by atoms with Gasteiger partial charge in [-0.25, -0.2) is 0 Å². The Hall–Kier alpha value is -2.04. The SMILES string of the molecule is CC(CN(C)C)CN1c2ccccc2CC(O)c2cc(O)ccc21. The summed E-state index contributed by atoms with van der Waals surface area (Å²) >= 11 is 0. The lowest BCUT2D eigenvalue weighted by molar-refractivity contribution is 0.179. The lowest BCUT2D eigenvalue weighted by atomic mass is 10.0. The van der Waals surface area contributed by atoms with E-state index in [9.17, 15) is 10.2 Å². The molecule has 2 aromatic carbocycles. The molecule has 4 nitrogen and oxygen atoms in total. The molecular weight excluding hydrogens is 300 g/mol. The number of fused-ring (bicyclic) bond motifs is 2. The van der Waals surface area contributed by atoms with E-state index in [2.05, 4.69) is 43.0 Å². The van der Waals surface area contributed by atoms with Crippen LogP contribution < -0.4 is 4.90 Å². The molecule has 0 aliphatic carbocycles. The van der Waals surface area contributed by atoms with E-state index in [0.29, 0.717) is 12.3 Å².